The molecule has 0 aliphatic carbocycles. The summed E-state index contributed by atoms with van der Waals surface area (Å²) in [4.78, 5) is 25.0. The van der Waals surface area contributed by atoms with Crippen molar-refractivity contribution in [2.75, 3.05) is 5.73 Å². The van der Waals surface area contributed by atoms with Crippen LogP contribution in [0.25, 0.3) is 22.6 Å². The summed E-state index contributed by atoms with van der Waals surface area (Å²) in [6.45, 7) is 0. The van der Waals surface area contributed by atoms with E-state index in [1.165, 1.54) is 12.1 Å². The van der Waals surface area contributed by atoms with Gasteiger partial charge in [0.05, 0.1) is 5.02 Å². The molecule has 8 heteroatoms. The number of fused-ring (bicyclic) bond motifs is 1. The summed E-state index contributed by atoms with van der Waals surface area (Å²) in [7, 11) is 0. The molecular weight excluding hydrogens is 270 g/mol. The van der Waals surface area contributed by atoms with E-state index in [4.69, 9.17) is 17.3 Å². The zero-order chi connectivity index (χ0) is 13.6. The second kappa shape index (κ2) is 3.99. The molecule has 1 aromatic carbocycles. The molecule has 2 aromatic heterocycles. The van der Waals surface area contributed by atoms with Gasteiger partial charge < -0.3 is 15.8 Å². The highest BCUT2D eigenvalue weighted by Crippen LogP contribution is 2.28. The van der Waals surface area contributed by atoms with E-state index in [0.717, 1.165) is 0 Å². The van der Waals surface area contributed by atoms with E-state index in [0.29, 0.717) is 11.4 Å². The van der Waals surface area contributed by atoms with Gasteiger partial charge in [-0.05, 0) is 18.2 Å². The molecule has 0 saturated carbocycles. The largest absolute Gasteiger partial charge is 0.506 e. The number of imidazole rings is 1. The average molecular weight is 278 g/mol. The van der Waals surface area contributed by atoms with Crippen molar-refractivity contribution in [3.63, 3.8) is 0 Å². The molecule has 19 heavy (non-hydrogen) atoms. The van der Waals surface area contributed by atoms with Gasteiger partial charge in [0, 0.05) is 5.56 Å². The summed E-state index contributed by atoms with van der Waals surface area (Å²) < 4.78 is 0. The molecular formula is C11H8ClN5O2. The first-order valence-corrected chi connectivity index (χ1v) is 5.67. The quantitative estimate of drug-likeness (QED) is 0.533. The predicted molar refractivity (Wildman–Crippen MR) is 71.0 cm³/mol. The molecule has 3 rings (SSSR count). The Bertz CT molecular complexity index is 839. The smallest absolute Gasteiger partial charge is 0.278 e. The number of nitrogen functional groups attached to an aromatic ring is 1. The van der Waals surface area contributed by atoms with Crippen LogP contribution in [0.5, 0.6) is 5.75 Å². The minimum absolute atomic E-state index is 0.000659. The van der Waals surface area contributed by atoms with Gasteiger partial charge in [-0.1, -0.05) is 11.6 Å². The van der Waals surface area contributed by atoms with Crippen molar-refractivity contribution in [3.05, 3.63) is 33.6 Å². The summed E-state index contributed by atoms with van der Waals surface area (Å²) in [6.07, 6.45) is 0. The molecule has 0 spiro atoms. The molecule has 0 unspecified atom stereocenters. The lowest BCUT2D eigenvalue weighted by atomic mass is 10.2. The fourth-order valence-electron chi connectivity index (χ4n) is 1.72. The number of nitrogens with zero attached hydrogens (tertiary/aromatic N) is 2. The number of phenolic OH excluding ortho intramolecular Hbond substituents is 1. The number of H-pyrrole nitrogens is 2. The number of aromatic hydroxyl groups is 1. The van der Waals surface area contributed by atoms with Crippen LogP contribution < -0.4 is 11.3 Å². The third-order valence-corrected chi connectivity index (χ3v) is 2.90. The zero-order valence-electron chi connectivity index (χ0n) is 9.44. The van der Waals surface area contributed by atoms with Gasteiger partial charge in [-0.25, -0.2) is 4.98 Å². The van der Waals surface area contributed by atoms with E-state index in [1.807, 2.05) is 0 Å². The van der Waals surface area contributed by atoms with Crippen LogP contribution in [-0.2, 0) is 0 Å². The van der Waals surface area contributed by atoms with Gasteiger partial charge in [-0.2, -0.15) is 4.98 Å². The number of hydrogen-bond acceptors (Lipinski definition) is 5. The summed E-state index contributed by atoms with van der Waals surface area (Å²) in [5, 5.41) is 9.56. The van der Waals surface area contributed by atoms with Crippen LogP contribution in [0, 0.1) is 0 Å². The van der Waals surface area contributed by atoms with Crippen molar-refractivity contribution >= 4 is 28.7 Å². The first-order valence-electron chi connectivity index (χ1n) is 5.29. The molecule has 0 fully saturated rings. The monoisotopic (exact) mass is 277 g/mol. The Morgan fingerprint density at radius 1 is 1.26 bits per heavy atom. The van der Waals surface area contributed by atoms with Crippen LogP contribution in [-0.4, -0.2) is 25.0 Å². The van der Waals surface area contributed by atoms with Gasteiger partial charge in [0.1, 0.15) is 11.6 Å². The zero-order valence-corrected chi connectivity index (χ0v) is 10.2. The molecule has 0 bridgehead atoms. The standard InChI is InChI=1S/C11H8ClN5O2/c12-5-3-4(1-2-6(5)18)8-14-7-9(15-8)16-11(13)17-10(7)19/h1-3,18H,(H4,13,14,15,16,17,19). The van der Waals surface area contributed by atoms with Crippen molar-refractivity contribution in [1.82, 2.24) is 19.9 Å². The molecule has 0 aliphatic heterocycles. The van der Waals surface area contributed by atoms with Gasteiger partial charge in [-0.3, -0.25) is 9.78 Å². The maximum absolute atomic E-state index is 11.7. The number of hydrogen-bond donors (Lipinski definition) is 4. The molecule has 3 aromatic rings. The number of nitrogens with two attached hydrogens (primary N) is 1. The molecule has 2 heterocycles. The Kier molecular flexibility index (Phi) is 2.42. The van der Waals surface area contributed by atoms with E-state index >= 15 is 0 Å². The van der Waals surface area contributed by atoms with Crippen molar-refractivity contribution < 1.29 is 5.11 Å². The lowest BCUT2D eigenvalue weighted by Crippen LogP contribution is -2.10. The Morgan fingerprint density at radius 3 is 2.79 bits per heavy atom. The van der Waals surface area contributed by atoms with Crippen LogP contribution in [0.4, 0.5) is 5.95 Å². The average Bonchev–Trinajstić information content (AvgIpc) is 2.76. The SMILES string of the molecule is Nc1nc2nc(-c3ccc(O)c(Cl)c3)[nH]c2c(=O)[nH]1. The molecule has 0 amide bonds. The Labute approximate surface area is 111 Å². The second-order valence-electron chi connectivity index (χ2n) is 3.90. The molecule has 96 valence electrons. The highest BCUT2D eigenvalue weighted by molar-refractivity contribution is 6.32. The van der Waals surface area contributed by atoms with Crippen molar-refractivity contribution in [2.45, 2.75) is 0 Å². The maximum Gasteiger partial charge on any atom is 0.278 e. The number of phenols is 1. The number of rotatable bonds is 1. The summed E-state index contributed by atoms with van der Waals surface area (Å²) in [5.74, 6) is 0.390. The van der Waals surface area contributed by atoms with Crippen LogP contribution in [0.2, 0.25) is 5.02 Å². The number of aromatic amines is 2. The molecule has 0 atom stereocenters. The number of benzene rings is 1. The summed E-state index contributed by atoms with van der Waals surface area (Å²) in [6, 6.07) is 4.60. The van der Waals surface area contributed by atoms with Crippen LogP contribution >= 0.6 is 11.6 Å². The lowest BCUT2D eigenvalue weighted by Gasteiger charge is -1.99. The molecule has 0 radical (unpaired) electrons. The molecule has 0 saturated heterocycles. The van der Waals surface area contributed by atoms with E-state index in [2.05, 4.69) is 19.9 Å². The normalized spacial score (nSPS) is 11.0. The Balaban J connectivity index is 2.23. The van der Waals surface area contributed by atoms with Crippen molar-refractivity contribution in [3.8, 4) is 17.1 Å². The summed E-state index contributed by atoms with van der Waals surface area (Å²) in [5.41, 5.74) is 6.12. The Hall–Kier alpha value is -2.54. The highest BCUT2D eigenvalue weighted by atomic mass is 35.5. The first kappa shape index (κ1) is 11.5. The van der Waals surface area contributed by atoms with E-state index in [1.54, 1.807) is 6.07 Å². The van der Waals surface area contributed by atoms with Crippen LogP contribution in [0.15, 0.2) is 23.0 Å². The van der Waals surface area contributed by atoms with Gasteiger partial charge >= 0.3 is 0 Å². The second-order valence-corrected chi connectivity index (χ2v) is 4.31. The summed E-state index contributed by atoms with van der Waals surface area (Å²) >= 11 is 5.82. The van der Waals surface area contributed by atoms with Gasteiger partial charge in [0.2, 0.25) is 5.95 Å². The first-order chi connectivity index (χ1) is 9.04. The highest BCUT2D eigenvalue weighted by Gasteiger charge is 2.11. The fraction of sp³-hybridized carbons (Fsp3) is 0. The van der Waals surface area contributed by atoms with Crippen LogP contribution in [0.3, 0.4) is 0 Å². The van der Waals surface area contributed by atoms with Gasteiger partial charge in [0.25, 0.3) is 5.56 Å². The van der Waals surface area contributed by atoms with E-state index in [-0.39, 0.29) is 27.9 Å². The lowest BCUT2D eigenvalue weighted by molar-refractivity contribution is 0.475. The van der Waals surface area contributed by atoms with E-state index < -0.39 is 5.56 Å². The number of aromatic nitrogens is 4. The third-order valence-electron chi connectivity index (χ3n) is 2.60. The minimum Gasteiger partial charge on any atom is -0.506 e. The van der Waals surface area contributed by atoms with Gasteiger partial charge in [0.15, 0.2) is 11.2 Å². The molecule has 0 aliphatic rings. The molecule has 7 nitrogen and oxygen atoms in total. The number of nitrogens with one attached hydrogen (secondary N) is 2. The molecule has 5 N–H and O–H groups in total. The minimum atomic E-state index is -0.397. The van der Waals surface area contributed by atoms with E-state index in [9.17, 15) is 9.90 Å². The topological polar surface area (TPSA) is 121 Å². The fourth-order valence-corrected chi connectivity index (χ4v) is 1.90. The maximum atomic E-state index is 11.7. The van der Waals surface area contributed by atoms with Crippen LogP contribution in [0.1, 0.15) is 0 Å². The van der Waals surface area contributed by atoms with Crippen molar-refractivity contribution in [2.24, 2.45) is 0 Å². The number of halogens is 1. The van der Waals surface area contributed by atoms with Gasteiger partial charge in [-0.15, -0.1) is 0 Å². The Morgan fingerprint density at radius 2 is 2.05 bits per heavy atom. The predicted octanol–water partition coefficient (Wildman–Crippen LogP) is 1.25. The third kappa shape index (κ3) is 1.89. The van der Waals surface area contributed by atoms with Crippen molar-refractivity contribution in [1.29, 1.82) is 0 Å². The number of anilines is 1.